The topological polar surface area (TPSA) is 130 Å². The van der Waals surface area contributed by atoms with E-state index in [0.29, 0.717) is 17.9 Å². The van der Waals surface area contributed by atoms with E-state index in [0.717, 1.165) is 0 Å². The van der Waals surface area contributed by atoms with E-state index >= 15 is 0 Å². The lowest BCUT2D eigenvalue weighted by Gasteiger charge is -2.07. The molecule has 0 aliphatic carbocycles. The molecule has 1 aromatic carbocycles. The number of carboxylic acid groups (broad SMARTS) is 2. The Kier molecular flexibility index (Phi) is 9.20. The molecule has 0 bridgehead atoms. The molecule has 0 saturated carbocycles. The van der Waals surface area contributed by atoms with Crippen LogP contribution in [0.4, 0.5) is 0 Å². The highest BCUT2D eigenvalue weighted by molar-refractivity contribution is 5.95. The van der Waals surface area contributed by atoms with E-state index in [1.807, 2.05) is 13.8 Å². The van der Waals surface area contributed by atoms with Gasteiger partial charge in [-0.1, -0.05) is 32.0 Å². The van der Waals surface area contributed by atoms with Gasteiger partial charge in [-0.15, -0.1) is 0 Å². The summed E-state index contributed by atoms with van der Waals surface area (Å²) in [6.07, 6.45) is 0.551. The quantitative estimate of drug-likeness (QED) is 0.619. The van der Waals surface area contributed by atoms with Gasteiger partial charge < -0.3 is 21.3 Å². The first-order valence-corrected chi connectivity index (χ1v) is 6.77. The minimum Gasteiger partial charge on any atom is -0.480 e. The van der Waals surface area contributed by atoms with Crippen LogP contribution in [0.25, 0.3) is 0 Å². The number of nitrogens with one attached hydrogen (secondary N) is 1. The van der Waals surface area contributed by atoms with Crippen LogP contribution in [0.1, 0.15) is 30.6 Å². The van der Waals surface area contributed by atoms with Crippen LogP contribution >= 0.6 is 0 Å². The Balaban J connectivity index is 0.000000433. The minimum atomic E-state index is -1.05. The number of benzene rings is 1. The Bertz CT molecular complexity index is 488. The molecule has 5 N–H and O–H groups in total. The van der Waals surface area contributed by atoms with Crippen LogP contribution < -0.4 is 11.1 Å². The Morgan fingerprint density at radius 3 is 2.05 bits per heavy atom. The maximum atomic E-state index is 11.2. The van der Waals surface area contributed by atoms with Gasteiger partial charge in [-0.3, -0.25) is 14.4 Å². The monoisotopic (exact) mass is 310 g/mol. The van der Waals surface area contributed by atoms with E-state index in [4.69, 9.17) is 15.9 Å². The van der Waals surface area contributed by atoms with E-state index in [9.17, 15) is 14.4 Å². The van der Waals surface area contributed by atoms with Crippen LogP contribution in [-0.2, 0) is 9.59 Å². The van der Waals surface area contributed by atoms with Crippen molar-refractivity contribution < 1.29 is 24.6 Å². The van der Waals surface area contributed by atoms with Crippen LogP contribution in [0.3, 0.4) is 0 Å². The Morgan fingerprint density at radius 1 is 1.14 bits per heavy atom. The zero-order valence-corrected chi connectivity index (χ0v) is 12.7. The standard InChI is InChI=1S/C9H9NO3.C6H13NO2/c11-8(12)6-10-9(13)7-4-2-1-3-5-7;1-4(2)3-5(7)6(8)9/h1-5H,6H2,(H,10,13)(H,11,12);4-5H,3,7H2,1-2H3,(H,8,9)/t;5-/m.0/s1. The number of hydrogen-bond acceptors (Lipinski definition) is 4. The summed E-state index contributed by atoms with van der Waals surface area (Å²) in [7, 11) is 0. The SMILES string of the molecule is CC(C)C[C@H](N)C(=O)O.O=C(O)CNC(=O)c1ccccc1. The number of carbonyl (C=O) groups excluding carboxylic acids is 1. The molecular formula is C15H22N2O5. The third-order valence-electron chi connectivity index (χ3n) is 2.48. The van der Waals surface area contributed by atoms with Crippen molar-refractivity contribution >= 4 is 17.8 Å². The first-order chi connectivity index (χ1) is 10.2. The van der Waals surface area contributed by atoms with Crippen molar-refractivity contribution in [1.82, 2.24) is 5.32 Å². The highest BCUT2D eigenvalue weighted by atomic mass is 16.4. The van der Waals surface area contributed by atoms with Crippen molar-refractivity contribution in [3.8, 4) is 0 Å². The fourth-order valence-corrected chi connectivity index (χ4v) is 1.46. The molecule has 1 aromatic rings. The van der Waals surface area contributed by atoms with Crippen molar-refractivity contribution in [2.75, 3.05) is 6.54 Å². The van der Waals surface area contributed by atoms with Gasteiger partial charge in [0.15, 0.2) is 0 Å². The molecule has 0 unspecified atom stereocenters. The minimum absolute atomic E-state index is 0.353. The number of carbonyl (C=O) groups is 3. The van der Waals surface area contributed by atoms with Crippen molar-refractivity contribution in [2.45, 2.75) is 26.3 Å². The number of carboxylic acids is 2. The molecule has 22 heavy (non-hydrogen) atoms. The molecule has 0 radical (unpaired) electrons. The second kappa shape index (κ2) is 10.3. The molecule has 1 atom stereocenters. The zero-order chi connectivity index (χ0) is 17.1. The van der Waals surface area contributed by atoms with E-state index < -0.39 is 18.0 Å². The summed E-state index contributed by atoms with van der Waals surface area (Å²) in [5.41, 5.74) is 5.68. The second-order valence-corrected chi connectivity index (χ2v) is 5.02. The first kappa shape index (κ1) is 19.6. The van der Waals surface area contributed by atoms with Crippen molar-refractivity contribution in [3.63, 3.8) is 0 Å². The summed E-state index contributed by atoms with van der Waals surface area (Å²) in [5.74, 6) is -1.98. The molecule has 7 nitrogen and oxygen atoms in total. The van der Waals surface area contributed by atoms with Gasteiger partial charge in [-0.2, -0.15) is 0 Å². The maximum absolute atomic E-state index is 11.2. The van der Waals surface area contributed by atoms with Gasteiger partial charge in [0.25, 0.3) is 5.91 Å². The molecule has 0 fully saturated rings. The van der Waals surface area contributed by atoms with Crippen LogP contribution in [0.2, 0.25) is 0 Å². The largest absolute Gasteiger partial charge is 0.480 e. The van der Waals surface area contributed by atoms with Crippen LogP contribution in [-0.4, -0.2) is 40.6 Å². The highest BCUT2D eigenvalue weighted by Crippen LogP contribution is 2.01. The molecule has 0 aliphatic rings. The van der Waals surface area contributed by atoms with Crippen molar-refractivity contribution in [3.05, 3.63) is 35.9 Å². The van der Waals surface area contributed by atoms with Crippen LogP contribution in [0.5, 0.6) is 0 Å². The molecular weight excluding hydrogens is 288 g/mol. The molecule has 122 valence electrons. The number of hydrogen-bond donors (Lipinski definition) is 4. The highest BCUT2D eigenvalue weighted by Gasteiger charge is 2.11. The lowest BCUT2D eigenvalue weighted by atomic mass is 10.1. The molecule has 7 heteroatoms. The summed E-state index contributed by atoms with van der Waals surface area (Å²) in [4.78, 5) is 31.4. The molecule has 0 saturated heterocycles. The molecule has 0 aliphatic heterocycles. The Hall–Kier alpha value is -2.41. The van der Waals surface area contributed by atoms with E-state index in [2.05, 4.69) is 5.32 Å². The zero-order valence-electron chi connectivity index (χ0n) is 12.7. The first-order valence-electron chi connectivity index (χ1n) is 6.77. The van der Waals surface area contributed by atoms with E-state index in [-0.39, 0.29) is 12.5 Å². The summed E-state index contributed by atoms with van der Waals surface area (Å²) in [5, 5.41) is 18.9. The summed E-state index contributed by atoms with van der Waals surface area (Å²) < 4.78 is 0. The van der Waals surface area contributed by atoms with Crippen molar-refractivity contribution in [2.24, 2.45) is 11.7 Å². The third kappa shape index (κ3) is 9.49. The third-order valence-corrected chi connectivity index (χ3v) is 2.48. The van der Waals surface area contributed by atoms with Gasteiger partial charge >= 0.3 is 11.9 Å². The molecule has 1 amide bonds. The molecule has 1 rings (SSSR count). The van der Waals surface area contributed by atoms with Gasteiger partial charge in [-0.25, -0.2) is 0 Å². The molecule has 0 heterocycles. The fourth-order valence-electron chi connectivity index (χ4n) is 1.46. The van der Waals surface area contributed by atoms with Gasteiger partial charge in [0.05, 0.1) is 0 Å². The maximum Gasteiger partial charge on any atom is 0.322 e. The Morgan fingerprint density at radius 2 is 1.68 bits per heavy atom. The molecule has 0 aromatic heterocycles. The summed E-state index contributed by atoms with van der Waals surface area (Å²) in [6.45, 7) is 3.54. The van der Waals surface area contributed by atoms with Crippen LogP contribution in [0, 0.1) is 5.92 Å². The van der Waals surface area contributed by atoms with Gasteiger partial charge in [0.2, 0.25) is 0 Å². The van der Waals surface area contributed by atoms with E-state index in [1.165, 1.54) is 0 Å². The molecule has 0 spiro atoms. The van der Waals surface area contributed by atoms with Gasteiger partial charge in [0, 0.05) is 5.56 Å². The van der Waals surface area contributed by atoms with Crippen molar-refractivity contribution in [1.29, 1.82) is 0 Å². The smallest absolute Gasteiger partial charge is 0.322 e. The number of nitrogens with two attached hydrogens (primary N) is 1. The number of amides is 1. The normalized spacial score (nSPS) is 11.1. The van der Waals surface area contributed by atoms with E-state index in [1.54, 1.807) is 30.3 Å². The summed E-state index contributed by atoms with van der Waals surface area (Å²) >= 11 is 0. The lowest BCUT2D eigenvalue weighted by Crippen LogP contribution is -2.31. The van der Waals surface area contributed by atoms with Crippen LogP contribution in [0.15, 0.2) is 30.3 Å². The summed E-state index contributed by atoms with van der Waals surface area (Å²) in [6, 6.07) is 7.78. The predicted molar refractivity (Wildman–Crippen MR) is 81.5 cm³/mol. The average Bonchev–Trinajstić information content (AvgIpc) is 2.45. The van der Waals surface area contributed by atoms with Gasteiger partial charge in [-0.05, 0) is 24.5 Å². The predicted octanol–water partition coefficient (Wildman–Crippen LogP) is 0.945. The number of aliphatic carboxylic acids is 2. The second-order valence-electron chi connectivity index (χ2n) is 5.02. The Labute approximate surface area is 129 Å². The number of rotatable bonds is 6. The lowest BCUT2D eigenvalue weighted by molar-refractivity contribution is -0.139. The van der Waals surface area contributed by atoms with Gasteiger partial charge in [0.1, 0.15) is 12.6 Å². The fraction of sp³-hybridized carbons (Fsp3) is 0.400. The average molecular weight is 310 g/mol.